The van der Waals surface area contributed by atoms with Gasteiger partial charge in [0.2, 0.25) is 11.8 Å². The number of H-pyrrole nitrogens is 1. The highest BCUT2D eigenvalue weighted by Crippen LogP contribution is 2.54. The van der Waals surface area contributed by atoms with Crippen molar-refractivity contribution >= 4 is 52.5 Å². The lowest BCUT2D eigenvalue weighted by atomic mass is 9.82. The molecule has 0 radical (unpaired) electrons. The van der Waals surface area contributed by atoms with Gasteiger partial charge in [0, 0.05) is 21.4 Å². The highest BCUT2D eigenvalue weighted by atomic mass is 35.5. The van der Waals surface area contributed by atoms with Gasteiger partial charge in [0.15, 0.2) is 0 Å². The van der Waals surface area contributed by atoms with Gasteiger partial charge in [-0.2, -0.15) is 0 Å². The van der Waals surface area contributed by atoms with Crippen LogP contribution < -0.4 is 9.61 Å². The molecule has 11 heteroatoms. The van der Waals surface area contributed by atoms with Crippen LogP contribution in [-0.4, -0.2) is 44.6 Å². The smallest absolute Gasteiger partial charge is 0.323 e. The lowest BCUT2D eigenvalue weighted by molar-refractivity contribution is -0.149. The van der Waals surface area contributed by atoms with E-state index in [2.05, 4.69) is 4.98 Å². The number of aryl methyl sites for hydroxylation is 1. The molecule has 3 atom stereocenters. The number of fused-ring (bicyclic) bond motifs is 2. The Bertz CT molecular complexity index is 1420. The zero-order valence-electron chi connectivity index (χ0n) is 18.3. The van der Waals surface area contributed by atoms with Gasteiger partial charge < -0.3 is 14.8 Å². The van der Waals surface area contributed by atoms with E-state index in [9.17, 15) is 24.3 Å². The summed E-state index contributed by atoms with van der Waals surface area (Å²) in [4.78, 5) is 53.8. The van der Waals surface area contributed by atoms with E-state index in [1.54, 1.807) is 18.2 Å². The Balaban J connectivity index is 1.59. The number of imide groups is 1. The van der Waals surface area contributed by atoms with Crippen molar-refractivity contribution in [2.45, 2.75) is 29.7 Å². The van der Waals surface area contributed by atoms with E-state index in [4.69, 9.17) is 16.3 Å². The summed E-state index contributed by atoms with van der Waals surface area (Å²) in [5.74, 6) is -3.59. The van der Waals surface area contributed by atoms with E-state index in [0.29, 0.717) is 26.2 Å². The quantitative estimate of drug-likeness (QED) is 0.467. The third-order valence-electron chi connectivity index (χ3n) is 5.99. The minimum atomic E-state index is -1.28. The number of carboxylic acid groups (broad SMARTS) is 1. The fourth-order valence-corrected chi connectivity index (χ4v) is 7.27. The van der Waals surface area contributed by atoms with Gasteiger partial charge in [-0.15, -0.1) is 0 Å². The lowest BCUT2D eigenvalue weighted by Crippen LogP contribution is -2.36. The maximum absolute atomic E-state index is 13.4. The first-order chi connectivity index (χ1) is 16.7. The highest BCUT2D eigenvalue weighted by Gasteiger charge is 2.56. The number of rotatable bonds is 6. The molecule has 2 amide bonds. The molecule has 8 nitrogen and oxygen atoms in total. The molecular weight excluding hydrogens is 512 g/mol. The molecule has 5 rings (SSSR count). The number of carboxylic acids is 1. The van der Waals surface area contributed by atoms with Crippen LogP contribution >= 0.6 is 34.7 Å². The van der Waals surface area contributed by atoms with Crippen LogP contribution in [0.2, 0.25) is 5.02 Å². The number of carbonyl (C=O) groups excluding carboxylic acids is 2. The van der Waals surface area contributed by atoms with Crippen molar-refractivity contribution in [1.82, 2.24) is 9.88 Å². The summed E-state index contributed by atoms with van der Waals surface area (Å²) in [7, 11) is 0. The number of carbonyl (C=O) groups is 3. The number of amides is 2. The van der Waals surface area contributed by atoms with Crippen molar-refractivity contribution in [3.05, 3.63) is 78.7 Å². The number of hydrogen-bond donors (Lipinski definition) is 2. The molecule has 0 spiro atoms. The van der Waals surface area contributed by atoms with Crippen molar-refractivity contribution < 1.29 is 24.2 Å². The standard InChI is InChI=1S/C24H19ClN2O6S2/c1-11-3-2-4-12(7-11)10-33-15-6-5-13(25)8-14(15)17-18-20(34-21-19(17)35-24(32)26-21)23(31)27(22(18)30)9-16(28)29/h2-8,17-18,20H,9-10H2,1H3,(H,26,32)(H,28,29)/t17-,18+,20-/m0/s1. The lowest BCUT2D eigenvalue weighted by Gasteiger charge is -2.31. The summed E-state index contributed by atoms with van der Waals surface area (Å²) in [6.45, 7) is 1.53. The number of benzene rings is 2. The Morgan fingerprint density at radius 1 is 1.17 bits per heavy atom. The van der Waals surface area contributed by atoms with E-state index in [-0.39, 0.29) is 11.5 Å². The Morgan fingerprint density at radius 2 is 1.97 bits per heavy atom. The van der Waals surface area contributed by atoms with Crippen LogP contribution in [0.25, 0.3) is 0 Å². The van der Waals surface area contributed by atoms with E-state index < -0.39 is 41.4 Å². The molecule has 0 aliphatic carbocycles. The monoisotopic (exact) mass is 530 g/mol. The van der Waals surface area contributed by atoms with Crippen molar-refractivity contribution in [1.29, 1.82) is 0 Å². The van der Waals surface area contributed by atoms with Gasteiger partial charge in [0.25, 0.3) is 0 Å². The zero-order valence-corrected chi connectivity index (χ0v) is 20.7. The molecular formula is C24H19ClN2O6S2. The molecule has 1 fully saturated rings. The van der Waals surface area contributed by atoms with Gasteiger partial charge in [0.1, 0.15) is 24.2 Å². The maximum Gasteiger partial charge on any atom is 0.323 e. The van der Waals surface area contributed by atoms with Crippen LogP contribution in [0.4, 0.5) is 0 Å². The van der Waals surface area contributed by atoms with Gasteiger partial charge in [-0.3, -0.25) is 24.1 Å². The van der Waals surface area contributed by atoms with Gasteiger partial charge in [-0.05, 0) is 30.7 Å². The predicted molar refractivity (Wildman–Crippen MR) is 131 cm³/mol. The zero-order chi connectivity index (χ0) is 24.9. The molecule has 2 aliphatic rings. The first-order valence-electron chi connectivity index (χ1n) is 10.7. The molecule has 3 aromatic rings. The minimum Gasteiger partial charge on any atom is -0.489 e. The van der Waals surface area contributed by atoms with E-state index >= 15 is 0 Å². The van der Waals surface area contributed by atoms with E-state index in [1.165, 1.54) is 0 Å². The van der Waals surface area contributed by atoms with Crippen molar-refractivity contribution in [2.24, 2.45) is 5.92 Å². The number of nitrogens with one attached hydrogen (secondary N) is 1. The van der Waals surface area contributed by atoms with Crippen LogP contribution in [0.1, 0.15) is 27.5 Å². The first kappa shape index (κ1) is 23.7. The third kappa shape index (κ3) is 4.37. The van der Waals surface area contributed by atoms with Crippen LogP contribution in [0.15, 0.2) is 52.3 Å². The molecule has 0 saturated carbocycles. The number of ether oxygens (including phenoxy) is 1. The van der Waals surface area contributed by atoms with Crippen LogP contribution in [-0.2, 0) is 21.0 Å². The van der Waals surface area contributed by atoms with Crippen LogP contribution in [0.3, 0.4) is 0 Å². The van der Waals surface area contributed by atoms with Crippen molar-refractivity contribution in [3.63, 3.8) is 0 Å². The molecule has 2 N–H and O–H groups in total. The molecule has 35 heavy (non-hydrogen) atoms. The largest absolute Gasteiger partial charge is 0.489 e. The van der Waals surface area contributed by atoms with Crippen LogP contribution in [0.5, 0.6) is 5.75 Å². The minimum absolute atomic E-state index is 0.264. The summed E-state index contributed by atoms with van der Waals surface area (Å²) in [5, 5.41) is 9.27. The summed E-state index contributed by atoms with van der Waals surface area (Å²) in [6.07, 6.45) is 0. The number of halogens is 1. The van der Waals surface area contributed by atoms with Gasteiger partial charge >= 0.3 is 10.8 Å². The Labute approximate surface area is 212 Å². The van der Waals surface area contributed by atoms with Gasteiger partial charge in [0.05, 0.1) is 10.9 Å². The number of aromatic nitrogens is 1. The average molecular weight is 531 g/mol. The molecule has 1 aromatic heterocycles. The Morgan fingerprint density at radius 3 is 2.71 bits per heavy atom. The number of aromatic amines is 1. The van der Waals surface area contributed by atoms with Gasteiger partial charge in [-0.1, -0.05) is 64.5 Å². The van der Waals surface area contributed by atoms with Crippen molar-refractivity contribution in [2.75, 3.05) is 6.54 Å². The number of nitrogens with zero attached hydrogens (tertiary/aromatic N) is 1. The predicted octanol–water partition coefficient (Wildman–Crippen LogP) is 3.65. The second kappa shape index (κ2) is 9.18. The maximum atomic E-state index is 13.4. The highest BCUT2D eigenvalue weighted by molar-refractivity contribution is 8.00. The number of thiazole rings is 1. The molecule has 3 heterocycles. The molecule has 2 aliphatic heterocycles. The number of likely N-dealkylation sites (tertiary alicyclic amines) is 1. The summed E-state index contributed by atoms with van der Waals surface area (Å²) >= 11 is 8.39. The fraction of sp³-hybridized carbons (Fsp3) is 0.250. The second-order valence-electron chi connectivity index (χ2n) is 8.37. The molecule has 0 unspecified atom stereocenters. The SMILES string of the molecule is Cc1cccc(COc2ccc(Cl)cc2[C@@H]2c3sc(=O)[nH]c3S[C@@H]3C(=O)N(CC(=O)O)C(=O)[C@H]23)c1. The first-order valence-corrected chi connectivity index (χ1v) is 12.7. The third-order valence-corrected chi connectivity index (χ3v) is 8.63. The molecule has 0 bridgehead atoms. The Kier molecular flexibility index (Phi) is 6.20. The summed E-state index contributed by atoms with van der Waals surface area (Å²) < 4.78 is 6.16. The second-order valence-corrected chi connectivity index (χ2v) is 11.0. The van der Waals surface area contributed by atoms with Crippen LogP contribution in [0, 0.1) is 12.8 Å². The average Bonchev–Trinajstić information content (AvgIpc) is 3.28. The van der Waals surface area contributed by atoms with Gasteiger partial charge in [-0.25, -0.2) is 0 Å². The molecule has 2 aromatic carbocycles. The topological polar surface area (TPSA) is 117 Å². The number of aliphatic carboxylic acids is 1. The number of hydrogen-bond acceptors (Lipinski definition) is 7. The van der Waals surface area contributed by atoms with Crippen molar-refractivity contribution in [3.8, 4) is 5.75 Å². The number of thioether (sulfide) groups is 1. The Hall–Kier alpha value is -3.08. The normalized spacial score (nSPS) is 21.1. The fourth-order valence-electron chi connectivity index (χ4n) is 4.56. The summed E-state index contributed by atoms with van der Waals surface area (Å²) in [6, 6.07) is 12.9. The molecule has 1 saturated heterocycles. The van der Waals surface area contributed by atoms with E-state index in [0.717, 1.165) is 39.1 Å². The van der Waals surface area contributed by atoms with E-state index in [1.807, 2.05) is 31.2 Å². The molecule has 180 valence electrons. The summed E-state index contributed by atoms with van der Waals surface area (Å²) in [5.41, 5.74) is 2.61.